The molecule has 0 aliphatic heterocycles. The van der Waals surface area contributed by atoms with Crippen LogP contribution in [0.1, 0.15) is 11.1 Å². The van der Waals surface area contributed by atoms with Crippen molar-refractivity contribution in [1.29, 1.82) is 0 Å². The van der Waals surface area contributed by atoms with Crippen LogP contribution in [0, 0.1) is 0 Å². The number of hydrogen-bond donors (Lipinski definition) is 1. The van der Waals surface area contributed by atoms with Crippen LogP contribution in [0.4, 0.5) is 0 Å². The van der Waals surface area contributed by atoms with Gasteiger partial charge in [0.25, 0.3) is 0 Å². The Bertz CT molecular complexity index is 585. The topological polar surface area (TPSA) is 63.1 Å². The highest BCUT2D eigenvalue weighted by Gasteiger charge is 1.99. The lowest BCUT2D eigenvalue weighted by molar-refractivity contribution is -0.131. The Morgan fingerprint density at radius 3 is 2.79 bits per heavy atom. The van der Waals surface area contributed by atoms with Crippen LogP contribution in [-0.2, 0) is 10.5 Å². The van der Waals surface area contributed by atoms with Crippen molar-refractivity contribution < 1.29 is 9.90 Å². The molecule has 2 aromatic rings. The van der Waals surface area contributed by atoms with Crippen molar-refractivity contribution in [3.63, 3.8) is 0 Å². The van der Waals surface area contributed by atoms with E-state index < -0.39 is 5.97 Å². The summed E-state index contributed by atoms with van der Waals surface area (Å²) < 4.78 is 0. The molecule has 0 amide bonds. The number of carboxylic acid groups (broad SMARTS) is 1. The number of nitrogens with zero attached hydrogens (tertiary/aromatic N) is 2. The molecule has 1 heterocycles. The summed E-state index contributed by atoms with van der Waals surface area (Å²) in [5, 5.41) is 9.32. The van der Waals surface area contributed by atoms with Crippen LogP contribution >= 0.6 is 11.8 Å². The first-order valence-corrected chi connectivity index (χ1v) is 6.62. The minimum atomic E-state index is -0.947. The van der Waals surface area contributed by atoms with Crippen LogP contribution < -0.4 is 0 Å². The summed E-state index contributed by atoms with van der Waals surface area (Å²) in [5.41, 5.74) is 1.97. The fourth-order valence-corrected chi connectivity index (χ4v) is 2.21. The molecule has 1 aromatic carbocycles. The molecule has 1 aromatic heterocycles. The molecule has 0 atom stereocenters. The highest BCUT2D eigenvalue weighted by Crippen LogP contribution is 2.19. The van der Waals surface area contributed by atoms with Crippen LogP contribution in [0.2, 0.25) is 0 Å². The maximum Gasteiger partial charge on any atom is 0.328 e. The van der Waals surface area contributed by atoms with Crippen molar-refractivity contribution in [3.05, 3.63) is 59.9 Å². The third-order valence-corrected chi connectivity index (χ3v) is 3.23. The van der Waals surface area contributed by atoms with Gasteiger partial charge in [0, 0.05) is 24.2 Å². The van der Waals surface area contributed by atoms with Crippen molar-refractivity contribution in [1.82, 2.24) is 9.97 Å². The van der Waals surface area contributed by atoms with E-state index in [1.54, 1.807) is 36.3 Å². The van der Waals surface area contributed by atoms with E-state index >= 15 is 0 Å². The number of thioether (sulfide) groups is 1. The number of benzene rings is 1. The Morgan fingerprint density at radius 2 is 2.05 bits per heavy atom. The maximum atomic E-state index is 10.5. The highest BCUT2D eigenvalue weighted by molar-refractivity contribution is 7.98. The fourth-order valence-electron chi connectivity index (χ4n) is 1.46. The number of aromatic nitrogens is 2. The molecule has 1 N–H and O–H groups in total. The molecule has 0 saturated heterocycles. The van der Waals surface area contributed by atoms with Gasteiger partial charge in [-0.1, -0.05) is 36.0 Å². The first-order chi connectivity index (χ1) is 9.24. The van der Waals surface area contributed by atoms with Gasteiger partial charge in [-0.2, -0.15) is 0 Å². The Labute approximate surface area is 115 Å². The molecule has 0 fully saturated rings. The Balaban J connectivity index is 2.01. The highest BCUT2D eigenvalue weighted by atomic mass is 32.2. The molecule has 0 bridgehead atoms. The summed E-state index contributed by atoms with van der Waals surface area (Å²) in [5.74, 6) is -0.198. The molecule has 0 unspecified atom stereocenters. The molecule has 19 heavy (non-hydrogen) atoms. The van der Waals surface area contributed by atoms with Crippen molar-refractivity contribution in [2.75, 3.05) is 0 Å². The van der Waals surface area contributed by atoms with Crippen molar-refractivity contribution in [2.24, 2.45) is 0 Å². The van der Waals surface area contributed by atoms with E-state index in [-0.39, 0.29) is 0 Å². The molecule has 0 radical (unpaired) electrons. The van der Waals surface area contributed by atoms with Crippen LogP contribution in [-0.4, -0.2) is 21.0 Å². The zero-order valence-corrected chi connectivity index (χ0v) is 10.9. The van der Waals surface area contributed by atoms with Gasteiger partial charge in [-0.15, -0.1) is 0 Å². The van der Waals surface area contributed by atoms with E-state index in [4.69, 9.17) is 5.11 Å². The van der Waals surface area contributed by atoms with Crippen LogP contribution in [0.3, 0.4) is 0 Å². The minimum Gasteiger partial charge on any atom is -0.478 e. The van der Waals surface area contributed by atoms with E-state index in [2.05, 4.69) is 9.97 Å². The van der Waals surface area contributed by atoms with E-state index in [1.165, 1.54) is 0 Å². The Kier molecular flexibility index (Phi) is 4.69. The Morgan fingerprint density at radius 1 is 1.26 bits per heavy atom. The normalized spacial score (nSPS) is 10.7. The van der Waals surface area contributed by atoms with Gasteiger partial charge in [-0.25, -0.2) is 14.8 Å². The van der Waals surface area contributed by atoms with Gasteiger partial charge in [0.1, 0.15) is 0 Å². The van der Waals surface area contributed by atoms with Gasteiger partial charge in [0.05, 0.1) is 0 Å². The SMILES string of the molecule is O=C(O)C=Cc1cccc(CSc2ncccn2)c1. The van der Waals surface area contributed by atoms with E-state index in [9.17, 15) is 4.79 Å². The summed E-state index contributed by atoms with van der Waals surface area (Å²) >= 11 is 1.54. The molecule has 4 nitrogen and oxygen atoms in total. The van der Waals surface area contributed by atoms with Crippen molar-refractivity contribution in [3.8, 4) is 0 Å². The standard InChI is InChI=1S/C14H12N2O2S/c17-13(18)6-5-11-3-1-4-12(9-11)10-19-14-15-7-2-8-16-14/h1-9H,10H2,(H,17,18). The number of carboxylic acids is 1. The zero-order valence-electron chi connectivity index (χ0n) is 10.1. The van der Waals surface area contributed by atoms with Gasteiger partial charge in [0.2, 0.25) is 0 Å². The van der Waals surface area contributed by atoms with E-state index in [0.29, 0.717) is 0 Å². The summed E-state index contributed by atoms with van der Waals surface area (Å²) in [4.78, 5) is 18.7. The molecule has 5 heteroatoms. The Hall–Kier alpha value is -2.14. The van der Waals surface area contributed by atoms with Gasteiger partial charge in [0.15, 0.2) is 5.16 Å². The third kappa shape index (κ3) is 4.56. The van der Waals surface area contributed by atoms with Gasteiger partial charge in [-0.05, 0) is 23.3 Å². The van der Waals surface area contributed by atoms with Gasteiger partial charge >= 0.3 is 5.97 Å². The van der Waals surface area contributed by atoms with Crippen molar-refractivity contribution in [2.45, 2.75) is 10.9 Å². The van der Waals surface area contributed by atoms with Crippen LogP contribution in [0.25, 0.3) is 6.08 Å². The monoisotopic (exact) mass is 272 g/mol. The van der Waals surface area contributed by atoms with Crippen LogP contribution in [0.15, 0.2) is 54.0 Å². The van der Waals surface area contributed by atoms with E-state index in [1.807, 2.05) is 24.3 Å². The lowest BCUT2D eigenvalue weighted by Crippen LogP contribution is -1.88. The molecular formula is C14H12N2O2S. The minimum absolute atomic E-state index is 0.731. The first kappa shape index (κ1) is 13.3. The zero-order chi connectivity index (χ0) is 13.5. The molecule has 0 saturated carbocycles. The quantitative estimate of drug-likeness (QED) is 0.515. The van der Waals surface area contributed by atoms with Gasteiger partial charge < -0.3 is 5.11 Å². The lowest BCUT2D eigenvalue weighted by Gasteiger charge is -2.01. The third-order valence-electron chi connectivity index (χ3n) is 2.28. The second-order valence-electron chi connectivity index (χ2n) is 3.74. The predicted molar refractivity (Wildman–Crippen MR) is 74.7 cm³/mol. The largest absolute Gasteiger partial charge is 0.478 e. The number of rotatable bonds is 5. The summed E-state index contributed by atoms with van der Waals surface area (Å²) in [6, 6.07) is 9.50. The molecule has 96 valence electrons. The fraction of sp³-hybridized carbons (Fsp3) is 0.0714. The second kappa shape index (κ2) is 6.70. The number of hydrogen-bond acceptors (Lipinski definition) is 4. The average molecular weight is 272 g/mol. The molecule has 0 spiro atoms. The predicted octanol–water partition coefficient (Wildman–Crippen LogP) is 2.87. The smallest absolute Gasteiger partial charge is 0.328 e. The van der Waals surface area contributed by atoms with E-state index in [0.717, 1.165) is 28.1 Å². The maximum absolute atomic E-state index is 10.5. The summed E-state index contributed by atoms with van der Waals surface area (Å²) in [6.07, 6.45) is 6.13. The molecule has 2 rings (SSSR count). The number of aliphatic carboxylic acids is 1. The van der Waals surface area contributed by atoms with Gasteiger partial charge in [-0.3, -0.25) is 0 Å². The molecule has 0 aliphatic rings. The lowest BCUT2D eigenvalue weighted by atomic mass is 10.1. The summed E-state index contributed by atoms with van der Waals surface area (Å²) in [7, 11) is 0. The first-order valence-electron chi connectivity index (χ1n) is 5.64. The molecule has 0 aliphatic carbocycles. The summed E-state index contributed by atoms with van der Waals surface area (Å²) in [6.45, 7) is 0. The number of carbonyl (C=O) groups is 1. The van der Waals surface area contributed by atoms with Crippen molar-refractivity contribution >= 4 is 23.8 Å². The average Bonchev–Trinajstić information content (AvgIpc) is 2.44. The molecular weight excluding hydrogens is 260 g/mol. The second-order valence-corrected chi connectivity index (χ2v) is 4.68. The van der Waals surface area contributed by atoms with Crippen LogP contribution in [0.5, 0.6) is 0 Å².